The van der Waals surface area contributed by atoms with Crippen molar-refractivity contribution in [2.45, 2.75) is 38.8 Å². The fourth-order valence-electron chi connectivity index (χ4n) is 3.09. The molecule has 0 spiro atoms. The predicted octanol–water partition coefficient (Wildman–Crippen LogP) is 3.20. The molecule has 0 saturated carbocycles. The van der Waals surface area contributed by atoms with Crippen LogP contribution in [0.1, 0.15) is 26.7 Å². The van der Waals surface area contributed by atoms with Crippen molar-refractivity contribution in [1.82, 2.24) is 10.3 Å². The largest absolute Gasteiger partial charge is 0.371 e. The Morgan fingerprint density at radius 1 is 1.10 bits per heavy atom. The first-order chi connectivity index (χ1) is 9.74. The van der Waals surface area contributed by atoms with Gasteiger partial charge < -0.3 is 10.2 Å². The molecule has 106 valence electrons. The molecule has 3 nitrogen and oxygen atoms in total. The Labute approximate surface area is 121 Å². The third kappa shape index (κ3) is 2.78. The third-order valence-corrected chi connectivity index (χ3v) is 4.23. The van der Waals surface area contributed by atoms with Crippen molar-refractivity contribution in [3.8, 4) is 0 Å². The number of anilines is 1. The van der Waals surface area contributed by atoms with Crippen LogP contribution in [0.5, 0.6) is 0 Å². The third-order valence-electron chi connectivity index (χ3n) is 4.23. The van der Waals surface area contributed by atoms with E-state index in [1.165, 1.54) is 29.3 Å². The summed E-state index contributed by atoms with van der Waals surface area (Å²) < 4.78 is 0. The van der Waals surface area contributed by atoms with E-state index in [1.807, 2.05) is 12.4 Å². The number of benzene rings is 1. The van der Waals surface area contributed by atoms with E-state index < -0.39 is 0 Å². The maximum Gasteiger partial charge on any atom is 0.0447 e. The summed E-state index contributed by atoms with van der Waals surface area (Å²) in [5, 5.41) is 6.20. The molecule has 20 heavy (non-hydrogen) atoms. The molecule has 2 atom stereocenters. The Bertz CT molecular complexity index is 564. The number of hydrogen-bond acceptors (Lipinski definition) is 3. The molecule has 2 unspecified atom stereocenters. The van der Waals surface area contributed by atoms with E-state index in [0.717, 1.165) is 13.1 Å². The Morgan fingerprint density at radius 3 is 2.60 bits per heavy atom. The van der Waals surface area contributed by atoms with E-state index >= 15 is 0 Å². The molecule has 1 saturated heterocycles. The van der Waals surface area contributed by atoms with Crippen molar-refractivity contribution in [2.24, 2.45) is 0 Å². The Balaban J connectivity index is 1.93. The molecule has 0 amide bonds. The molecule has 1 aliphatic heterocycles. The van der Waals surface area contributed by atoms with E-state index in [4.69, 9.17) is 0 Å². The van der Waals surface area contributed by atoms with Crippen molar-refractivity contribution in [2.75, 3.05) is 18.0 Å². The van der Waals surface area contributed by atoms with Gasteiger partial charge in [-0.05, 0) is 38.8 Å². The second-order valence-electron chi connectivity index (χ2n) is 5.91. The van der Waals surface area contributed by atoms with Crippen LogP contribution in [0.15, 0.2) is 36.7 Å². The SMILES string of the molecule is CC1CCN(c2cccc3cnccc23)CCC(C)N1. The number of aromatic nitrogens is 1. The summed E-state index contributed by atoms with van der Waals surface area (Å²) in [6.07, 6.45) is 6.22. The lowest BCUT2D eigenvalue weighted by Crippen LogP contribution is -2.43. The summed E-state index contributed by atoms with van der Waals surface area (Å²) in [6, 6.07) is 9.83. The molecule has 1 N–H and O–H groups in total. The van der Waals surface area contributed by atoms with E-state index in [1.54, 1.807) is 0 Å². The number of fused-ring (bicyclic) bond motifs is 1. The molecule has 1 fully saturated rings. The summed E-state index contributed by atoms with van der Waals surface area (Å²) in [5.74, 6) is 0. The fourth-order valence-corrected chi connectivity index (χ4v) is 3.09. The molecule has 2 aromatic rings. The summed E-state index contributed by atoms with van der Waals surface area (Å²) in [6.45, 7) is 6.80. The van der Waals surface area contributed by atoms with Crippen molar-refractivity contribution in [3.63, 3.8) is 0 Å². The molecular formula is C17H23N3. The van der Waals surface area contributed by atoms with Crippen molar-refractivity contribution in [1.29, 1.82) is 0 Å². The summed E-state index contributed by atoms with van der Waals surface area (Å²) >= 11 is 0. The van der Waals surface area contributed by atoms with Crippen LogP contribution in [0.2, 0.25) is 0 Å². The Kier molecular flexibility index (Phi) is 3.88. The van der Waals surface area contributed by atoms with Gasteiger partial charge in [0.1, 0.15) is 0 Å². The van der Waals surface area contributed by atoms with Crippen molar-refractivity contribution < 1.29 is 0 Å². The van der Waals surface area contributed by atoms with E-state index in [9.17, 15) is 0 Å². The number of nitrogens with one attached hydrogen (secondary N) is 1. The molecule has 1 aromatic heterocycles. The number of nitrogens with zero attached hydrogens (tertiary/aromatic N) is 2. The zero-order chi connectivity index (χ0) is 13.9. The van der Waals surface area contributed by atoms with E-state index in [0.29, 0.717) is 12.1 Å². The maximum atomic E-state index is 4.23. The van der Waals surface area contributed by atoms with Crippen LogP contribution in [0.3, 0.4) is 0 Å². The topological polar surface area (TPSA) is 28.2 Å². The standard InChI is InChI=1S/C17H23N3/c1-13-7-10-20(11-8-14(2)19-13)17-5-3-4-15-12-18-9-6-16(15)17/h3-6,9,12-14,19H,7-8,10-11H2,1-2H3. The van der Waals surface area contributed by atoms with E-state index in [-0.39, 0.29) is 0 Å². The molecule has 3 heteroatoms. The first-order valence-electron chi connectivity index (χ1n) is 7.58. The summed E-state index contributed by atoms with van der Waals surface area (Å²) in [7, 11) is 0. The van der Waals surface area contributed by atoms with Gasteiger partial charge in [-0.1, -0.05) is 12.1 Å². The lowest BCUT2D eigenvalue weighted by Gasteiger charge is -2.33. The van der Waals surface area contributed by atoms with Crippen molar-refractivity contribution >= 4 is 16.5 Å². The lowest BCUT2D eigenvalue weighted by molar-refractivity contribution is 0.404. The Morgan fingerprint density at radius 2 is 1.85 bits per heavy atom. The smallest absolute Gasteiger partial charge is 0.0447 e. The van der Waals surface area contributed by atoms with Gasteiger partial charge in [-0.15, -0.1) is 0 Å². The van der Waals surface area contributed by atoms with Crippen LogP contribution in [0.4, 0.5) is 5.69 Å². The quantitative estimate of drug-likeness (QED) is 0.861. The first-order valence-corrected chi connectivity index (χ1v) is 7.58. The average molecular weight is 269 g/mol. The minimum Gasteiger partial charge on any atom is -0.371 e. The van der Waals surface area contributed by atoms with Gasteiger partial charge in [0, 0.05) is 54.0 Å². The average Bonchev–Trinajstić information content (AvgIpc) is 2.45. The normalized spacial score (nSPS) is 24.4. The molecule has 0 bridgehead atoms. The number of pyridine rings is 1. The molecule has 1 aromatic carbocycles. The van der Waals surface area contributed by atoms with E-state index in [2.05, 4.69) is 53.3 Å². The molecule has 0 aliphatic carbocycles. The highest BCUT2D eigenvalue weighted by molar-refractivity contribution is 5.93. The van der Waals surface area contributed by atoms with Gasteiger partial charge in [0.05, 0.1) is 0 Å². The molecule has 3 rings (SSSR count). The van der Waals surface area contributed by atoms with Crippen LogP contribution in [-0.4, -0.2) is 30.2 Å². The zero-order valence-electron chi connectivity index (χ0n) is 12.3. The highest BCUT2D eigenvalue weighted by Crippen LogP contribution is 2.27. The summed E-state index contributed by atoms with van der Waals surface area (Å²) in [4.78, 5) is 6.77. The maximum absolute atomic E-state index is 4.23. The van der Waals surface area contributed by atoms with Crippen molar-refractivity contribution in [3.05, 3.63) is 36.7 Å². The fraction of sp³-hybridized carbons (Fsp3) is 0.471. The van der Waals surface area contributed by atoms with Crippen LogP contribution in [-0.2, 0) is 0 Å². The number of hydrogen-bond donors (Lipinski definition) is 1. The van der Waals surface area contributed by atoms with Crippen LogP contribution < -0.4 is 10.2 Å². The lowest BCUT2D eigenvalue weighted by atomic mass is 10.1. The minimum atomic E-state index is 0.587. The second-order valence-corrected chi connectivity index (χ2v) is 5.91. The predicted molar refractivity (Wildman–Crippen MR) is 85.2 cm³/mol. The Hall–Kier alpha value is -1.61. The second kappa shape index (κ2) is 5.80. The first kappa shape index (κ1) is 13.4. The van der Waals surface area contributed by atoms with Gasteiger partial charge in [-0.2, -0.15) is 0 Å². The van der Waals surface area contributed by atoms with Crippen LogP contribution in [0.25, 0.3) is 10.8 Å². The van der Waals surface area contributed by atoms with Gasteiger partial charge in [-0.25, -0.2) is 0 Å². The zero-order valence-corrected chi connectivity index (χ0v) is 12.3. The van der Waals surface area contributed by atoms with Crippen LogP contribution in [0, 0.1) is 0 Å². The molecule has 2 heterocycles. The monoisotopic (exact) mass is 269 g/mol. The van der Waals surface area contributed by atoms with Crippen LogP contribution >= 0.6 is 0 Å². The minimum absolute atomic E-state index is 0.587. The molecular weight excluding hydrogens is 246 g/mol. The van der Waals surface area contributed by atoms with Gasteiger partial charge in [-0.3, -0.25) is 4.98 Å². The molecule has 0 radical (unpaired) electrons. The highest BCUT2D eigenvalue weighted by atomic mass is 15.1. The highest BCUT2D eigenvalue weighted by Gasteiger charge is 2.17. The summed E-state index contributed by atoms with van der Waals surface area (Å²) in [5.41, 5.74) is 1.35. The number of rotatable bonds is 1. The molecule has 1 aliphatic rings. The van der Waals surface area contributed by atoms with Gasteiger partial charge in [0.15, 0.2) is 0 Å². The van der Waals surface area contributed by atoms with Gasteiger partial charge >= 0.3 is 0 Å². The van der Waals surface area contributed by atoms with Gasteiger partial charge in [0.2, 0.25) is 0 Å². The van der Waals surface area contributed by atoms with Gasteiger partial charge in [0.25, 0.3) is 0 Å².